The number of carbonyl (C=O) groups excluding carboxylic acids is 2. The van der Waals surface area contributed by atoms with E-state index in [-0.39, 0.29) is 23.1 Å². The fourth-order valence-corrected chi connectivity index (χ4v) is 3.60. The number of hydrogen-bond acceptors (Lipinski definition) is 2. The van der Waals surface area contributed by atoms with Gasteiger partial charge in [-0.25, -0.2) is 0 Å². The molecule has 1 aliphatic rings. The van der Waals surface area contributed by atoms with Crippen LogP contribution in [-0.2, 0) is 9.59 Å². The molecule has 1 saturated heterocycles. The van der Waals surface area contributed by atoms with E-state index in [4.69, 9.17) is 11.6 Å². The summed E-state index contributed by atoms with van der Waals surface area (Å²) >= 11 is 6.04. The van der Waals surface area contributed by atoms with Crippen LogP contribution in [0, 0.1) is 11.3 Å². The summed E-state index contributed by atoms with van der Waals surface area (Å²) in [7, 11) is 0. The molecule has 1 fully saturated rings. The van der Waals surface area contributed by atoms with Crippen molar-refractivity contribution in [2.24, 2.45) is 11.3 Å². The Bertz CT molecular complexity index is 541. The molecular weight excluding hydrogens is 274 g/mol. The summed E-state index contributed by atoms with van der Waals surface area (Å²) < 4.78 is 0. The maximum Gasteiger partial charge on any atom is 0.234 e. The lowest BCUT2D eigenvalue weighted by molar-refractivity contribution is -0.140. The van der Waals surface area contributed by atoms with Gasteiger partial charge in [0.25, 0.3) is 0 Å². The maximum absolute atomic E-state index is 12.3. The van der Waals surface area contributed by atoms with Crippen LogP contribution in [0.3, 0.4) is 0 Å². The average Bonchev–Trinajstić information content (AvgIpc) is 2.25. The van der Waals surface area contributed by atoms with Crippen molar-refractivity contribution in [3.05, 3.63) is 34.9 Å². The van der Waals surface area contributed by atoms with Gasteiger partial charge < -0.3 is 0 Å². The first-order valence-electron chi connectivity index (χ1n) is 6.91. The molecule has 2 rings (SSSR count). The van der Waals surface area contributed by atoms with Crippen molar-refractivity contribution in [1.29, 1.82) is 0 Å². The Morgan fingerprint density at radius 1 is 1.40 bits per heavy atom. The molecule has 0 saturated carbocycles. The molecule has 1 aliphatic heterocycles. The molecule has 1 aromatic carbocycles. The van der Waals surface area contributed by atoms with Crippen LogP contribution >= 0.6 is 11.6 Å². The van der Waals surface area contributed by atoms with Crippen molar-refractivity contribution in [1.82, 2.24) is 5.32 Å². The first-order chi connectivity index (χ1) is 9.32. The minimum absolute atomic E-state index is 0.184. The van der Waals surface area contributed by atoms with Crippen molar-refractivity contribution in [2.45, 2.75) is 39.5 Å². The summed E-state index contributed by atoms with van der Waals surface area (Å²) in [5.74, 6) is -0.315. The summed E-state index contributed by atoms with van der Waals surface area (Å²) in [6.45, 7) is 6.24. The second-order valence-electron chi connectivity index (χ2n) is 6.33. The van der Waals surface area contributed by atoms with Crippen LogP contribution in [0.1, 0.15) is 45.1 Å². The van der Waals surface area contributed by atoms with Crippen molar-refractivity contribution >= 4 is 23.4 Å². The van der Waals surface area contributed by atoms with E-state index in [1.807, 2.05) is 25.1 Å². The van der Waals surface area contributed by atoms with Crippen molar-refractivity contribution in [3.63, 3.8) is 0 Å². The quantitative estimate of drug-likeness (QED) is 0.867. The van der Waals surface area contributed by atoms with Crippen molar-refractivity contribution in [3.8, 4) is 0 Å². The van der Waals surface area contributed by atoms with E-state index in [2.05, 4.69) is 19.2 Å². The highest BCUT2D eigenvalue weighted by Crippen LogP contribution is 2.46. The predicted octanol–water partition coefficient (Wildman–Crippen LogP) is 3.52. The maximum atomic E-state index is 12.3. The predicted molar refractivity (Wildman–Crippen MR) is 79.5 cm³/mol. The molecule has 2 amide bonds. The Morgan fingerprint density at radius 2 is 2.10 bits per heavy atom. The summed E-state index contributed by atoms with van der Waals surface area (Å²) in [6.07, 6.45) is 1.19. The third kappa shape index (κ3) is 3.04. The number of imide groups is 1. The minimum atomic E-state index is -0.363. The van der Waals surface area contributed by atoms with E-state index in [9.17, 15) is 9.59 Å². The number of benzene rings is 1. The van der Waals surface area contributed by atoms with Gasteiger partial charge in [0, 0.05) is 11.4 Å². The molecule has 1 heterocycles. The lowest BCUT2D eigenvalue weighted by Gasteiger charge is -2.41. The number of nitrogens with one attached hydrogen (secondary N) is 1. The molecule has 1 aromatic rings. The molecule has 0 aromatic heterocycles. The fourth-order valence-electron chi connectivity index (χ4n) is 3.40. The first-order valence-corrected chi connectivity index (χ1v) is 7.29. The topological polar surface area (TPSA) is 46.2 Å². The van der Waals surface area contributed by atoms with Gasteiger partial charge in [0.15, 0.2) is 0 Å². The Kier molecular flexibility index (Phi) is 4.19. The van der Waals surface area contributed by atoms with Crippen LogP contribution < -0.4 is 5.32 Å². The zero-order valence-corrected chi connectivity index (χ0v) is 12.8. The SMILES string of the molecule is CC(C)CC1(C)CC(=O)NC(=O)C1c1cccc(Cl)c1. The van der Waals surface area contributed by atoms with Crippen LogP contribution in [0.2, 0.25) is 5.02 Å². The second kappa shape index (κ2) is 5.57. The van der Waals surface area contributed by atoms with E-state index in [1.165, 1.54) is 0 Å². The molecule has 0 radical (unpaired) electrons. The van der Waals surface area contributed by atoms with E-state index >= 15 is 0 Å². The highest BCUT2D eigenvalue weighted by Gasteiger charge is 2.46. The lowest BCUT2D eigenvalue weighted by atomic mass is 9.65. The molecule has 0 spiro atoms. The third-order valence-electron chi connectivity index (χ3n) is 3.84. The normalized spacial score (nSPS) is 26.8. The molecule has 20 heavy (non-hydrogen) atoms. The van der Waals surface area contributed by atoms with Crippen LogP contribution in [0.15, 0.2) is 24.3 Å². The van der Waals surface area contributed by atoms with Gasteiger partial charge in [-0.05, 0) is 35.4 Å². The summed E-state index contributed by atoms with van der Waals surface area (Å²) in [5, 5.41) is 3.07. The van der Waals surface area contributed by atoms with Gasteiger partial charge in [0.05, 0.1) is 5.92 Å². The van der Waals surface area contributed by atoms with Crippen molar-refractivity contribution in [2.75, 3.05) is 0 Å². The first kappa shape index (κ1) is 15.0. The molecule has 4 heteroatoms. The molecule has 2 unspecified atom stereocenters. The zero-order chi connectivity index (χ0) is 14.9. The van der Waals surface area contributed by atoms with E-state index in [1.54, 1.807) is 6.07 Å². The summed E-state index contributed by atoms with van der Waals surface area (Å²) in [4.78, 5) is 24.1. The Balaban J connectivity index is 2.44. The summed E-state index contributed by atoms with van der Waals surface area (Å²) in [5.41, 5.74) is 0.517. The number of rotatable bonds is 3. The summed E-state index contributed by atoms with van der Waals surface area (Å²) in [6, 6.07) is 7.36. The highest BCUT2D eigenvalue weighted by atomic mass is 35.5. The average molecular weight is 294 g/mol. The standard InChI is InChI=1S/C16H20ClNO2/c1-10(2)8-16(3)9-13(19)18-15(20)14(16)11-5-4-6-12(17)7-11/h4-7,10,14H,8-9H2,1-3H3,(H,18,19,20). The number of amides is 2. The zero-order valence-electron chi connectivity index (χ0n) is 12.1. The van der Waals surface area contributed by atoms with Crippen LogP contribution in [0.25, 0.3) is 0 Å². The van der Waals surface area contributed by atoms with Crippen LogP contribution in [0.4, 0.5) is 0 Å². The van der Waals surface area contributed by atoms with Gasteiger partial charge in [-0.3, -0.25) is 14.9 Å². The molecule has 3 nitrogen and oxygen atoms in total. The van der Waals surface area contributed by atoms with Gasteiger partial charge >= 0.3 is 0 Å². The monoisotopic (exact) mass is 293 g/mol. The number of piperidine rings is 1. The molecule has 0 aliphatic carbocycles. The molecule has 108 valence electrons. The Hall–Kier alpha value is -1.35. The number of carbonyl (C=O) groups is 2. The van der Waals surface area contributed by atoms with E-state index in [0.717, 1.165) is 12.0 Å². The van der Waals surface area contributed by atoms with Gasteiger partial charge in [-0.15, -0.1) is 0 Å². The lowest BCUT2D eigenvalue weighted by Crippen LogP contribution is -2.50. The smallest absolute Gasteiger partial charge is 0.234 e. The minimum Gasteiger partial charge on any atom is -0.296 e. The van der Waals surface area contributed by atoms with E-state index < -0.39 is 0 Å². The van der Waals surface area contributed by atoms with Gasteiger partial charge in [0.2, 0.25) is 11.8 Å². The van der Waals surface area contributed by atoms with Crippen molar-refractivity contribution < 1.29 is 9.59 Å². The van der Waals surface area contributed by atoms with Gasteiger partial charge in [-0.1, -0.05) is 44.5 Å². The van der Waals surface area contributed by atoms with Crippen LogP contribution in [-0.4, -0.2) is 11.8 Å². The third-order valence-corrected chi connectivity index (χ3v) is 4.08. The largest absolute Gasteiger partial charge is 0.296 e. The van der Waals surface area contributed by atoms with Gasteiger partial charge in [0.1, 0.15) is 0 Å². The molecular formula is C16H20ClNO2. The van der Waals surface area contributed by atoms with Gasteiger partial charge in [-0.2, -0.15) is 0 Å². The second-order valence-corrected chi connectivity index (χ2v) is 6.77. The van der Waals surface area contributed by atoms with E-state index in [0.29, 0.717) is 17.4 Å². The number of hydrogen-bond donors (Lipinski definition) is 1. The highest BCUT2D eigenvalue weighted by molar-refractivity contribution is 6.30. The Morgan fingerprint density at radius 3 is 2.70 bits per heavy atom. The molecule has 0 bridgehead atoms. The number of halogens is 1. The molecule has 1 N–H and O–H groups in total. The molecule has 2 atom stereocenters. The Labute approximate surface area is 124 Å². The fraction of sp³-hybridized carbons (Fsp3) is 0.500. The van der Waals surface area contributed by atoms with Crippen LogP contribution in [0.5, 0.6) is 0 Å².